The Morgan fingerprint density at radius 2 is 1.86 bits per heavy atom. The number of rotatable bonds is 4. The van der Waals surface area contributed by atoms with Crippen LogP contribution in [0.15, 0.2) is 54.9 Å². The lowest BCUT2D eigenvalue weighted by atomic mass is 10.1. The summed E-state index contributed by atoms with van der Waals surface area (Å²) in [6, 6.07) is 14.9. The number of amides is 1. The van der Waals surface area contributed by atoms with Crippen molar-refractivity contribution in [3.05, 3.63) is 71.7 Å². The number of methoxy groups -OCH3 is 2. The molecule has 1 unspecified atom stereocenters. The first-order valence-corrected chi connectivity index (χ1v) is 9.97. The minimum absolute atomic E-state index is 0.0927. The highest BCUT2D eigenvalue weighted by molar-refractivity contribution is 8.00. The van der Waals surface area contributed by atoms with Crippen LogP contribution >= 0.6 is 11.8 Å². The molecular weight excluding hydrogens is 390 g/mol. The molecule has 1 aromatic heterocycles. The summed E-state index contributed by atoms with van der Waals surface area (Å²) in [6.45, 7) is 0. The van der Waals surface area contributed by atoms with Crippen molar-refractivity contribution in [2.24, 2.45) is 0 Å². The second-order valence-electron chi connectivity index (χ2n) is 6.40. The number of fused-ring (bicyclic) bond motifs is 1. The molecule has 148 valence electrons. The first-order valence-electron chi connectivity index (χ1n) is 8.92. The number of anilines is 1. The lowest BCUT2D eigenvalue weighted by Crippen LogP contribution is -2.12. The van der Waals surface area contributed by atoms with Crippen molar-refractivity contribution in [2.75, 3.05) is 25.3 Å². The lowest BCUT2D eigenvalue weighted by Gasteiger charge is -2.18. The Bertz CT molecular complexity index is 1040. The first kappa shape index (κ1) is 19.1. The van der Waals surface area contributed by atoms with Crippen molar-refractivity contribution >= 4 is 29.5 Å². The van der Waals surface area contributed by atoms with Crippen molar-refractivity contribution in [3.63, 3.8) is 0 Å². The van der Waals surface area contributed by atoms with E-state index < -0.39 is 0 Å². The van der Waals surface area contributed by atoms with E-state index in [-0.39, 0.29) is 17.1 Å². The zero-order chi connectivity index (χ0) is 20.4. The number of benzene rings is 2. The van der Waals surface area contributed by atoms with E-state index in [9.17, 15) is 9.59 Å². The van der Waals surface area contributed by atoms with Gasteiger partial charge < -0.3 is 14.8 Å². The predicted molar refractivity (Wildman–Crippen MR) is 111 cm³/mol. The minimum atomic E-state index is -0.383. The summed E-state index contributed by atoms with van der Waals surface area (Å²) < 4.78 is 12.0. The third-order valence-electron chi connectivity index (χ3n) is 4.68. The maximum absolute atomic E-state index is 12.2. The number of carbonyl (C=O) groups excluding carboxylic acids is 2. The van der Waals surface area contributed by atoms with Gasteiger partial charge in [-0.2, -0.15) is 0 Å². The van der Waals surface area contributed by atoms with Crippen LogP contribution in [-0.4, -0.2) is 41.4 Å². The van der Waals surface area contributed by atoms with Gasteiger partial charge in [-0.3, -0.25) is 9.36 Å². The molecule has 2 heterocycles. The number of carbonyl (C=O) groups is 2. The smallest absolute Gasteiger partial charge is 0.337 e. The molecule has 1 aliphatic rings. The van der Waals surface area contributed by atoms with Gasteiger partial charge in [0.15, 0.2) is 5.82 Å². The van der Waals surface area contributed by atoms with E-state index in [4.69, 9.17) is 9.47 Å². The third-order valence-corrected chi connectivity index (χ3v) is 5.93. The molecule has 1 amide bonds. The molecule has 0 saturated heterocycles. The average Bonchev–Trinajstić information content (AvgIpc) is 3.09. The van der Waals surface area contributed by atoms with Gasteiger partial charge >= 0.3 is 5.97 Å². The van der Waals surface area contributed by atoms with E-state index in [1.165, 1.54) is 18.9 Å². The largest absolute Gasteiger partial charge is 0.497 e. The van der Waals surface area contributed by atoms with Gasteiger partial charge in [0.2, 0.25) is 5.91 Å². The van der Waals surface area contributed by atoms with E-state index in [1.807, 2.05) is 41.0 Å². The molecule has 1 N–H and O–H groups in total. The normalized spacial score (nSPS) is 15.8. The summed E-state index contributed by atoms with van der Waals surface area (Å²) in [7, 11) is 2.98. The topological polar surface area (TPSA) is 82.5 Å². The summed E-state index contributed by atoms with van der Waals surface area (Å²) in [5, 5.41) is 2.74. The Labute approximate surface area is 172 Å². The van der Waals surface area contributed by atoms with Crippen molar-refractivity contribution < 1.29 is 19.1 Å². The SMILES string of the molecule is COC(=O)c1ccc(C2SCC(=O)Nc3ncn(-c4ccc(OC)cc4)c32)cc1. The van der Waals surface area contributed by atoms with Gasteiger partial charge in [0.1, 0.15) is 12.1 Å². The molecule has 0 spiro atoms. The molecule has 0 saturated carbocycles. The van der Waals surface area contributed by atoms with Crippen LogP contribution in [-0.2, 0) is 9.53 Å². The van der Waals surface area contributed by atoms with Gasteiger partial charge in [0.05, 0.1) is 36.5 Å². The highest BCUT2D eigenvalue weighted by atomic mass is 32.2. The zero-order valence-corrected chi connectivity index (χ0v) is 16.7. The fourth-order valence-electron chi connectivity index (χ4n) is 3.23. The van der Waals surface area contributed by atoms with E-state index in [0.29, 0.717) is 17.1 Å². The molecule has 1 atom stereocenters. The molecule has 0 bridgehead atoms. The molecule has 8 heteroatoms. The number of ether oxygens (including phenoxy) is 2. The lowest BCUT2D eigenvalue weighted by molar-refractivity contribution is -0.113. The van der Waals surface area contributed by atoms with Crippen LogP contribution < -0.4 is 10.1 Å². The maximum atomic E-state index is 12.2. The molecule has 4 rings (SSSR count). The maximum Gasteiger partial charge on any atom is 0.337 e. The van der Waals surface area contributed by atoms with Crippen LogP contribution in [0.3, 0.4) is 0 Å². The van der Waals surface area contributed by atoms with Gasteiger partial charge in [-0.1, -0.05) is 12.1 Å². The van der Waals surface area contributed by atoms with E-state index in [0.717, 1.165) is 22.7 Å². The summed E-state index contributed by atoms with van der Waals surface area (Å²) in [6.07, 6.45) is 1.70. The van der Waals surface area contributed by atoms with E-state index in [1.54, 1.807) is 25.6 Å². The van der Waals surface area contributed by atoms with Crippen LogP contribution in [0.1, 0.15) is 26.9 Å². The van der Waals surface area contributed by atoms with Crippen LogP contribution in [0.25, 0.3) is 5.69 Å². The highest BCUT2D eigenvalue weighted by Crippen LogP contribution is 2.42. The van der Waals surface area contributed by atoms with Crippen molar-refractivity contribution in [2.45, 2.75) is 5.25 Å². The average molecular weight is 409 g/mol. The second kappa shape index (κ2) is 8.00. The van der Waals surface area contributed by atoms with Crippen LogP contribution in [0.5, 0.6) is 5.75 Å². The fraction of sp³-hybridized carbons (Fsp3) is 0.190. The van der Waals surface area contributed by atoms with Crippen LogP contribution in [0.4, 0.5) is 5.82 Å². The first-order chi connectivity index (χ1) is 14.1. The quantitative estimate of drug-likeness (QED) is 0.665. The Morgan fingerprint density at radius 1 is 1.14 bits per heavy atom. The summed E-state index contributed by atoms with van der Waals surface area (Å²) in [5.41, 5.74) is 3.23. The zero-order valence-electron chi connectivity index (χ0n) is 15.9. The molecule has 0 radical (unpaired) electrons. The summed E-state index contributed by atoms with van der Waals surface area (Å²) in [4.78, 5) is 28.3. The van der Waals surface area contributed by atoms with E-state index >= 15 is 0 Å². The van der Waals surface area contributed by atoms with Gasteiger partial charge in [-0.15, -0.1) is 11.8 Å². The number of nitrogens with zero attached hydrogens (tertiary/aromatic N) is 2. The minimum Gasteiger partial charge on any atom is -0.497 e. The molecule has 0 fully saturated rings. The number of aromatic nitrogens is 2. The molecule has 7 nitrogen and oxygen atoms in total. The number of nitrogens with one attached hydrogen (secondary N) is 1. The summed E-state index contributed by atoms with van der Waals surface area (Å²) in [5.74, 6) is 1.13. The molecule has 2 aromatic carbocycles. The number of thioether (sulfide) groups is 1. The molecule has 3 aromatic rings. The molecule has 29 heavy (non-hydrogen) atoms. The summed E-state index contributed by atoms with van der Waals surface area (Å²) >= 11 is 1.52. The molecule has 0 aliphatic carbocycles. The second-order valence-corrected chi connectivity index (χ2v) is 7.49. The number of hydrogen-bond acceptors (Lipinski definition) is 6. The highest BCUT2D eigenvalue weighted by Gasteiger charge is 2.29. The van der Waals surface area contributed by atoms with E-state index in [2.05, 4.69) is 10.3 Å². The van der Waals surface area contributed by atoms with Crippen molar-refractivity contribution in [3.8, 4) is 11.4 Å². The van der Waals surface area contributed by atoms with Crippen molar-refractivity contribution in [1.29, 1.82) is 0 Å². The third kappa shape index (κ3) is 3.71. The molecule has 1 aliphatic heterocycles. The number of imidazole rings is 1. The van der Waals surface area contributed by atoms with Gasteiger partial charge in [-0.05, 0) is 42.0 Å². The van der Waals surface area contributed by atoms with Gasteiger partial charge in [-0.25, -0.2) is 9.78 Å². The Balaban J connectivity index is 1.78. The van der Waals surface area contributed by atoms with Crippen LogP contribution in [0.2, 0.25) is 0 Å². The Hall–Kier alpha value is -3.26. The predicted octanol–water partition coefficient (Wildman–Crippen LogP) is 3.44. The van der Waals surface area contributed by atoms with Crippen LogP contribution in [0, 0.1) is 0 Å². The Morgan fingerprint density at radius 3 is 2.52 bits per heavy atom. The van der Waals surface area contributed by atoms with Gasteiger partial charge in [0.25, 0.3) is 0 Å². The fourth-order valence-corrected chi connectivity index (χ4v) is 4.35. The Kier molecular flexibility index (Phi) is 5.26. The molecular formula is C21H19N3O4S. The van der Waals surface area contributed by atoms with Gasteiger partial charge in [0, 0.05) is 5.69 Å². The monoisotopic (exact) mass is 409 g/mol. The van der Waals surface area contributed by atoms with Crippen molar-refractivity contribution in [1.82, 2.24) is 9.55 Å². The number of esters is 1. The number of hydrogen-bond donors (Lipinski definition) is 1. The standard InChI is InChI=1S/C21H19N3O4S/c1-27-16-9-7-15(8-10-16)24-12-22-20-18(24)19(29-11-17(25)23-20)13-3-5-14(6-4-13)21(26)28-2/h3-10,12,19H,11H2,1-2H3,(H,23,25).